The molecule has 2 rings (SSSR count). The van der Waals surface area contributed by atoms with Crippen molar-refractivity contribution in [2.45, 2.75) is 12.1 Å². The van der Waals surface area contributed by atoms with E-state index >= 15 is 0 Å². The lowest BCUT2D eigenvalue weighted by molar-refractivity contribution is 0.183. The Morgan fingerprint density at radius 1 is 1.55 bits per heavy atom. The van der Waals surface area contributed by atoms with Crippen molar-refractivity contribution < 1.29 is 4.74 Å². The van der Waals surface area contributed by atoms with Crippen LogP contribution in [0.3, 0.4) is 0 Å². The number of nitrogens with two attached hydrogens (primary N) is 1. The molecule has 2 unspecified atom stereocenters. The minimum atomic E-state index is 0.0525. The van der Waals surface area contributed by atoms with Crippen LogP contribution in [0, 0.1) is 0 Å². The smallest absolute Gasteiger partial charge is 0.0943 e. The molecule has 5 heteroatoms. The van der Waals surface area contributed by atoms with Crippen molar-refractivity contribution in [2.24, 2.45) is 5.73 Å². The first-order chi connectivity index (χ1) is 5.38. The molecule has 0 radical (unpaired) electrons. The summed E-state index contributed by atoms with van der Waals surface area (Å²) in [6.45, 7) is 1.26. The Labute approximate surface area is 64.1 Å². The fraction of sp³-hybridized carbons (Fsp3) is 0.667. The van der Waals surface area contributed by atoms with E-state index in [1.54, 1.807) is 17.1 Å². The zero-order valence-corrected chi connectivity index (χ0v) is 6.05. The minimum Gasteiger partial charge on any atom is -0.377 e. The highest BCUT2D eigenvalue weighted by Gasteiger charge is 2.26. The first-order valence-corrected chi connectivity index (χ1v) is 3.57. The Bertz CT molecular complexity index is 222. The molecule has 1 saturated heterocycles. The van der Waals surface area contributed by atoms with E-state index in [0.29, 0.717) is 13.2 Å². The summed E-state index contributed by atoms with van der Waals surface area (Å²) in [7, 11) is 0. The molecule has 1 aromatic heterocycles. The van der Waals surface area contributed by atoms with Gasteiger partial charge in [-0.15, -0.1) is 5.10 Å². The summed E-state index contributed by atoms with van der Waals surface area (Å²) < 4.78 is 6.93. The van der Waals surface area contributed by atoms with E-state index in [4.69, 9.17) is 10.5 Å². The Hall–Kier alpha value is -0.940. The van der Waals surface area contributed by atoms with Crippen LogP contribution in [0.2, 0.25) is 0 Å². The summed E-state index contributed by atoms with van der Waals surface area (Å²) >= 11 is 0. The van der Waals surface area contributed by atoms with Gasteiger partial charge in [0, 0.05) is 6.20 Å². The lowest BCUT2D eigenvalue weighted by atomic mass is 10.2. The molecule has 2 heterocycles. The number of hydrogen-bond acceptors (Lipinski definition) is 4. The zero-order chi connectivity index (χ0) is 7.68. The van der Waals surface area contributed by atoms with E-state index in [9.17, 15) is 0 Å². The van der Waals surface area contributed by atoms with Crippen LogP contribution in [0.5, 0.6) is 0 Å². The monoisotopic (exact) mass is 154 g/mol. The fourth-order valence-electron chi connectivity index (χ4n) is 1.23. The molecular formula is C6H10N4O. The Balaban J connectivity index is 2.16. The topological polar surface area (TPSA) is 66.0 Å². The molecule has 11 heavy (non-hydrogen) atoms. The highest BCUT2D eigenvalue weighted by molar-refractivity contribution is 4.84. The molecule has 0 spiro atoms. The van der Waals surface area contributed by atoms with Gasteiger partial charge in [0.05, 0.1) is 31.5 Å². The normalized spacial score (nSPS) is 31.0. The van der Waals surface area contributed by atoms with E-state index < -0.39 is 0 Å². The van der Waals surface area contributed by atoms with Crippen LogP contribution in [-0.2, 0) is 4.74 Å². The SMILES string of the molecule is NC1COCC1n1ccnn1. The number of hydrogen-bond donors (Lipinski definition) is 1. The van der Waals surface area contributed by atoms with E-state index in [1.165, 1.54) is 0 Å². The van der Waals surface area contributed by atoms with Gasteiger partial charge in [0.25, 0.3) is 0 Å². The third-order valence-corrected chi connectivity index (χ3v) is 1.87. The maximum Gasteiger partial charge on any atom is 0.0943 e. The molecule has 2 N–H and O–H groups in total. The summed E-state index contributed by atoms with van der Waals surface area (Å²) in [4.78, 5) is 0. The Kier molecular flexibility index (Phi) is 1.59. The Morgan fingerprint density at radius 3 is 3.00 bits per heavy atom. The summed E-state index contributed by atoms with van der Waals surface area (Å²) in [5.74, 6) is 0. The number of nitrogens with zero attached hydrogens (tertiary/aromatic N) is 3. The van der Waals surface area contributed by atoms with Gasteiger partial charge in [-0.1, -0.05) is 5.21 Å². The van der Waals surface area contributed by atoms with Crippen molar-refractivity contribution in [2.75, 3.05) is 13.2 Å². The molecular weight excluding hydrogens is 144 g/mol. The van der Waals surface area contributed by atoms with Gasteiger partial charge in [-0.3, -0.25) is 0 Å². The average Bonchev–Trinajstić information content (AvgIpc) is 2.55. The van der Waals surface area contributed by atoms with Crippen molar-refractivity contribution in [1.29, 1.82) is 0 Å². The molecule has 0 amide bonds. The van der Waals surface area contributed by atoms with Crippen LogP contribution >= 0.6 is 0 Å². The van der Waals surface area contributed by atoms with Crippen molar-refractivity contribution >= 4 is 0 Å². The fourth-order valence-corrected chi connectivity index (χ4v) is 1.23. The third kappa shape index (κ3) is 1.12. The van der Waals surface area contributed by atoms with E-state index in [-0.39, 0.29) is 12.1 Å². The van der Waals surface area contributed by atoms with Crippen LogP contribution in [0.25, 0.3) is 0 Å². The number of ether oxygens (including phenoxy) is 1. The molecule has 0 aliphatic carbocycles. The van der Waals surface area contributed by atoms with Crippen LogP contribution < -0.4 is 5.73 Å². The second kappa shape index (κ2) is 2.60. The highest BCUT2D eigenvalue weighted by atomic mass is 16.5. The molecule has 1 aliphatic rings. The second-order valence-corrected chi connectivity index (χ2v) is 2.65. The number of rotatable bonds is 1. The first-order valence-electron chi connectivity index (χ1n) is 3.57. The van der Waals surface area contributed by atoms with Gasteiger partial charge in [-0.2, -0.15) is 0 Å². The first kappa shape index (κ1) is 6.75. The van der Waals surface area contributed by atoms with Crippen LogP contribution in [-0.4, -0.2) is 34.2 Å². The van der Waals surface area contributed by atoms with Crippen molar-refractivity contribution in [3.63, 3.8) is 0 Å². The predicted molar refractivity (Wildman–Crippen MR) is 37.9 cm³/mol. The molecule has 1 fully saturated rings. The quantitative estimate of drug-likeness (QED) is 0.573. The van der Waals surface area contributed by atoms with Gasteiger partial charge >= 0.3 is 0 Å². The van der Waals surface area contributed by atoms with Crippen LogP contribution in [0.4, 0.5) is 0 Å². The Morgan fingerprint density at radius 2 is 2.45 bits per heavy atom. The maximum absolute atomic E-state index is 5.76. The third-order valence-electron chi connectivity index (χ3n) is 1.87. The zero-order valence-electron chi connectivity index (χ0n) is 6.05. The summed E-state index contributed by atoms with van der Waals surface area (Å²) in [6.07, 6.45) is 3.45. The maximum atomic E-state index is 5.76. The summed E-state index contributed by atoms with van der Waals surface area (Å²) in [6, 6.07) is 0.217. The lowest BCUT2D eigenvalue weighted by Crippen LogP contribution is -2.31. The number of aromatic nitrogens is 3. The molecule has 60 valence electrons. The second-order valence-electron chi connectivity index (χ2n) is 2.65. The summed E-state index contributed by atoms with van der Waals surface area (Å²) in [5, 5.41) is 7.56. The van der Waals surface area contributed by atoms with Crippen LogP contribution in [0.15, 0.2) is 12.4 Å². The van der Waals surface area contributed by atoms with Crippen LogP contribution in [0.1, 0.15) is 6.04 Å². The molecule has 1 aliphatic heterocycles. The van der Waals surface area contributed by atoms with Gasteiger partial charge in [0.2, 0.25) is 0 Å². The predicted octanol–water partition coefficient (Wildman–Crippen LogP) is -0.823. The molecule has 5 nitrogen and oxygen atoms in total. The van der Waals surface area contributed by atoms with Gasteiger partial charge in [-0.05, 0) is 0 Å². The van der Waals surface area contributed by atoms with Gasteiger partial charge < -0.3 is 10.5 Å². The highest BCUT2D eigenvalue weighted by Crippen LogP contribution is 2.15. The van der Waals surface area contributed by atoms with Crippen molar-refractivity contribution in [1.82, 2.24) is 15.0 Å². The average molecular weight is 154 g/mol. The van der Waals surface area contributed by atoms with Gasteiger partial charge in [-0.25, -0.2) is 4.68 Å². The standard InChI is InChI=1S/C6H10N4O/c7-5-3-11-4-6(5)10-2-1-8-9-10/h1-2,5-6H,3-4,7H2. The van der Waals surface area contributed by atoms with Gasteiger partial charge in [0.1, 0.15) is 0 Å². The molecule has 0 bridgehead atoms. The molecule has 1 aromatic rings. The van der Waals surface area contributed by atoms with Gasteiger partial charge in [0.15, 0.2) is 0 Å². The summed E-state index contributed by atoms with van der Waals surface area (Å²) in [5.41, 5.74) is 5.76. The minimum absolute atomic E-state index is 0.0525. The lowest BCUT2D eigenvalue weighted by Gasteiger charge is -2.11. The molecule has 0 aromatic carbocycles. The molecule has 2 atom stereocenters. The molecule has 0 saturated carbocycles. The van der Waals surface area contributed by atoms with E-state index in [1.807, 2.05) is 0 Å². The largest absolute Gasteiger partial charge is 0.377 e. The van der Waals surface area contributed by atoms with Crippen molar-refractivity contribution in [3.8, 4) is 0 Å². The van der Waals surface area contributed by atoms with E-state index in [0.717, 1.165) is 0 Å². The van der Waals surface area contributed by atoms with Crippen molar-refractivity contribution in [3.05, 3.63) is 12.4 Å². The van der Waals surface area contributed by atoms with E-state index in [2.05, 4.69) is 10.3 Å².